The van der Waals surface area contributed by atoms with Crippen LogP contribution in [0, 0.1) is 0 Å². The summed E-state index contributed by atoms with van der Waals surface area (Å²) in [6, 6.07) is 9.78. The Morgan fingerprint density at radius 2 is 2.06 bits per heavy atom. The predicted molar refractivity (Wildman–Crippen MR) is 64.7 cm³/mol. The van der Waals surface area contributed by atoms with Crippen molar-refractivity contribution in [2.45, 2.75) is 6.42 Å². The largest absolute Gasteiger partial charge is 0.384 e. The Hall–Kier alpha value is -2.03. The summed E-state index contributed by atoms with van der Waals surface area (Å²) in [5.74, 6) is -0.370. The number of nitrogens with two attached hydrogens (primary N) is 1. The number of anilines is 1. The maximum Gasteiger partial charge on any atom is 0.248 e. The van der Waals surface area contributed by atoms with Gasteiger partial charge in [0.15, 0.2) is 0 Å². The Morgan fingerprint density at radius 1 is 1.25 bits per heavy atom. The van der Waals surface area contributed by atoms with Crippen LogP contribution in [-0.4, -0.2) is 12.5 Å². The average molecular weight is 212 g/mol. The van der Waals surface area contributed by atoms with Crippen LogP contribution >= 0.6 is 0 Å². The van der Waals surface area contributed by atoms with Crippen LogP contribution in [0.4, 0.5) is 5.69 Å². The number of benzene rings is 2. The second kappa shape index (κ2) is 3.23. The lowest BCUT2D eigenvalue weighted by atomic mass is 10.00. The fourth-order valence-corrected chi connectivity index (χ4v) is 2.29. The van der Waals surface area contributed by atoms with E-state index in [0.29, 0.717) is 5.56 Å². The van der Waals surface area contributed by atoms with E-state index in [1.165, 1.54) is 11.3 Å². The van der Waals surface area contributed by atoms with Gasteiger partial charge >= 0.3 is 0 Å². The van der Waals surface area contributed by atoms with Gasteiger partial charge in [-0.1, -0.05) is 12.1 Å². The minimum Gasteiger partial charge on any atom is -0.384 e. The van der Waals surface area contributed by atoms with Gasteiger partial charge in [0.1, 0.15) is 0 Å². The Balaban J connectivity index is 2.32. The van der Waals surface area contributed by atoms with Gasteiger partial charge in [0.05, 0.1) is 0 Å². The molecule has 0 unspecified atom stereocenters. The second-order valence-corrected chi connectivity index (χ2v) is 4.07. The van der Waals surface area contributed by atoms with Crippen molar-refractivity contribution in [3.63, 3.8) is 0 Å². The molecule has 0 saturated carbocycles. The zero-order valence-corrected chi connectivity index (χ0v) is 8.79. The molecule has 3 nitrogen and oxygen atoms in total. The number of primary amides is 1. The minimum absolute atomic E-state index is 0.370. The molecule has 2 aromatic carbocycles. The van der Waals surface area contributed by atoms with E-state index in [9.17, 15) is 4.79 Å². The molecule has 1 heterocycles. The molecule has 1 aliphatic rings. The zero-order valence-electron chi connectivity index (χ0n) is 8.79. The van der Waals surface area contributed by atoms with Gasteiger partial charge in [-0.05, 0) is 41.0 Å². The summed E-state index contributed by atoms with van der Waals surface area (Å²) in [5.41, 5.74) is 8.34. The van der Waals surface area contributed by atoms with Crippen LogP contribution in [0.3, 0.4) is 0 Å². The van der Waals surface area contributed by atoms with Crippen molar-refractivity contribution in [2.24, 2.45) is 5.73 Å². The smallest absolute Gasteiger partial charge is 0.248 e. The highest BCUT2D eigenvalue weighted by Gasteiger charge is 2.13. The Bertz CT molecular complexity index is 590. The third-order valence-corrected chi connectivity index (χ3v) is 3.11. The topological polar surface area (TPSA) is 55.1 Å². The number of hydrogen-bond donors (Lipinski definition) is 2. The fraction of sp³-hybridized carbons (Fsp3) is 0.154. The van der Waals surface area contributed by atoms with Gasteiger partial charge < -0.3 is 11.1 Å². The van der Waals surface area contributed by atoms with Gasteiger partial charge in [0.2, 0.25) is 5.91 Å². The molecule has 0 fully saturated rings. The van der Waals surface area contributed by atoms with E-state index in [4.69, 9.17) is 5.73 Å². The van der Waals surface area contributed by atoms with E-state index in [-0.39, 0.29) is 5.91 Å². The third kappa shape index (κ3) is 1.25. The first kappa shape index (κ1) is 9.21. The van der Waals surface area contributed by atoms with E-state index in [2.05, 4.69) is 17.4 Å². The molecule has 80 valence electrons. The number of amides is 1. The Labute approximate surface area is 93.3 Å². The number of hydrogen-bond acceptors (Lipinski definition) is 2. The van der Waals surface area contributed by atoms with Crippen molar-refractivity contribution in [1.82, 2.24) is 0 Å². The number of carbonyl (C=O) groups excluding carboxylic acids is 1. The minimum atomic E-state index is -0.370. The lowest BCUT2D eigenvalue weighted by molar-refractivity contribution is 0.100. The highest BCUT2D eigenvalue weighted by molar-refractivity contribution is 6.00. The number of carbonyl (C=O) groups is 1. The van der Waals surface area contributed by atoms with Crippen LogP contribution in [0.2, 0.25) is 0 Å². The van der Waals surface area contributed by atoms with Crippen LogP contribution in [0.15, 0.2) is 30.3 Å². The molecule has 2 aromatic rings. The molecule has 16 heavy (non-hydrogen) atoms. The molecule has 1 aliphatic heterocycles. The first-order chi connectivity index (χ1) is 7.75. The first-order valence-electron chi connectivity index (χ1n) is 5.35. The summed E-state index contributed by atoms with van der Waals surface area (Å²) in [7, 11) is 0. The maximum absolute atomic E-state index is 11.2. The highest BCUT2D eigenvalue weighted by atomic mass is 16.1. The molecule has 0 radical (unpaired) electrons. The molecule has 3 rings (SSSR count). The molecular formula is C13H12N2O. The van der Waals surface area contributed by atoms with E-state index >= 15 is 0 Å². The van der Waals surface area contributed by atoms with Crippen LogP contribution in [0.1, 0.15) is 15.9 Å². The van der Waals surface area contributed by atoms with Crippen molar-refractivity contribution in [3.8, 4) is 0 Å². The lowest BCUT2D eigenvalue weighted by Gasteiger charge is -2.06. The van der Waals surface area contributed by atoms with Crippen molar-refractivity contribution in [2.75, 3.05) is 11.9 Å². The van der Waals surface area contributed by atoms with Gasteiger partial charge in [-0.15, -0.1) is 0 Å². The lowest BCUT2D eigenvalue weighted by Crippen LogP contribution is -2.10. The number of rotatable bonds is 1. The fourth-order valence-electron chi connectivity index (χ4n) is 2.29. The summed E-state index contributed by atoms with van der Waals surface area (Å²) in [4.78, 5) is 11.2. The molecule has 0 atom stereocenters. The van der Waals surface area contributed by atoms with Gasteiger partial charge in [-0.2, -0.15) is 0 Å². The van der Waals surface area contributed by atoms with Crippen LogP contribution in [0.25, 0.3) is 10.8 Å². The van der Waals surface area contributed by atoms with E-state index in [1.54, 1.807) is 6.07 Å². The van der Waals surface area contributed by atoms with E-state index < -0.39 is 0 Å². The quantitative estimate of drug-likeness (QED) is 0.758. The summed E-state index contributed by atoms with van der Waals surface area (Å²) in [6.45, 7) is 0.968. The molecule has 1 amide bonds. The van der Waals surface area contributed by atoms with Gasteiger partial charge in [0.25, 0.3) is 0 Å². The molecule has 0 saturated heterocycles. The summed E-state index contributed by atoms with van der Waals surface area (Å²) >= 11 is 0. The van der Waals surface area contributed by atoms with Crippen LogP contribution in [0.5, 0.6) is 0 Å². The second-order valence-electron chi connectivity index (χ2n) is 4.07. The maximum atomic E-state index is 11.2. The van der Waals surface area contributed by atoms with Crippen molar-refractivity contribution >= 4 is 22.4 Å². The summed E-state index contributed by atoms with van der Waals surface area (Å²) < 4.78 is 0. The normalized spacial score (nSPS) is 13.5. The molecule has 0 bridgehead atoms. The summed E-state index contributed by atoms with van der Waals surface area (Å²) in [6.07, 6.45) is 1.01. The molecule has 3 heteroatoms. The van der Waals surface area contributed by atoms with Gasteiger partial charge in [-0.3, -0.25) is 4.79 Å². The first-order valence-corrected chi connectivity index (χ1v) is 5.35. The van der Waals surface area contributed by atoms with E-state index in [0.717, 1.165) is 23.7 Å². The van der Waals surface area contributed by atoms with Crippen molar-refractivity contribution < 1.29 is 4.79 Å². The Kier molecular flexibility index (Phi) is 1.86. The molecular weight excluding hydrogens is 200 g/mol. The highest BCUT2D eigenvalue weighted by Crippen LogP contribution is 2.30. The van der Waals surface area contributed by atoms with Crippen molar-refractivity contribution in [1.29, 1.82) is 0 Å². The monoisotopic (exact) mass is 212 g/mol. The molecule has 0 aliphatic carbocycles. The molecule has 0 aromatic heterocycles. The standard InChI is InChI=1S/C13H12N2O/c14-13(16)9-2-1-8-3-4-12-10(5-6-15-12)11(8)7-9/h1-4,7,15H,5-6H2,(H2,14,16). The van der Waals surface area contributed by atoms with Crippen molar-refractivity contribution in [3.05, 3.63) is 41.5 Å². The average Bonchev–Trinajstić information content (AvgIpc) is 2.76. The summed E-state index contributed by atoms with van der Waals surface area (Å²) in [5, 5.41) is 5.62. The molecule has 0 spiro atoms. The zero-order chi connectivity index (χ0) is 11.1. The predicted octanol–water partition coefficient (Wildman–Crippen LogP) is 1.91. The van der Waals surface area contributed by atoms with Gasteiger partial charge in [-0.25, -0.2) is 0 Å². The van der Waals surface area contributed by atoms with Crippen LogP contribution < -0.4 is 11.1 Å². The van der Waals surface area contributed by atoms with Gasteiger partial charge in [0, 0.05) is 17.8 Å². The Morgan fingerprint density at radius 3 is 2.88 bits per heavy atom. The van der Waals surface area contributed by atoms with Crippen LogP contribution in [-0.2, 0) is 6.42 Å². The third-order valence-electron chi connectivity index (χ3n) is 3.11. The molecule has 3 N–H and O–H groups in total. The number of nitrogens with one attached hydrogen (secondary N) is 1. The number of fused-ring (bicyclic) bond motifs is 3. The van der Waals surface area contributed by atoms with E-state index in [1.807, 2.05) is 12.1 Å². The SMILES string of the molecule is NC(=O)c1ccc2ccc3c(c2c1)CCN3.